The average molecular weight is 702 g/mol. The Morgan fingerprint density at radius 1 is 1.10 bits per heavy atom. The molecule has 1 saturated heterocycles. The van der Waals surface area contributed by atoms with E-state index in [0.717, 1.165) is 44.2 Å². The summed E-state index contributed by atoms with van der Waals surface area (Å²) in [7, 11) is -3.86. The van der Waals surface area contributed by atoms with E-state index in [1.807, 2.05) is 26.8 Å². The van der Waals surface area contributed by atoms with Gasteiger partial charge in [0.15, 0.2) is 0 Å². The number of rotatable bonds is 6. The minimum Gasteiger partial charge on any atom is -0.450 e. The van der Waals surface area contributed by atoms with Gasteiger partial charge >= 0.3 is 6.09 Å². The van der Waals surface area contributed by atoms with Crippen LogP contribution < -0.4 is 15.4 Å². The van der Waals surface area contributed by atoms with Gasteiger partial charge in [0.05, 0.1) is 18.0 Å². The van der Waals surface area contributed by atoms with Crippen LogP contribution in [0, 0.1) is 11.3 Å². The summed E-state index contributed by atoms with van der Waals surface area (Å²) in [6.45, 7) is 9.92. The molecule has 0 radical (unpaired) electrons. The first-order valence-electron chi connectivity index (χ1n) is 17.5. The topological polar surface area (TPSA) is 173 Å². The molecule has 5 rings (SSSR count). The van der Waals surface area contributed by atoms with Crippen LogP contribution in [-0.4, -0.2) is 90.9 Å². The highest BCUT2D eigenvalue weighted by Gasteiger charge is 2.62. The summed E-state index contributed by atoms with van der Waals surface area (Å²) in [5, 5.41) is 4.93. The van der Waals surface area contributed by atoms with Crippen LogP contribution in [0.3, 0.4) is 0 Å². The first-order chi connectivity index (χ1) is 23.2. The monoisotopic (exact) mass is 701 g/mol. The molecule has 0 unspecified atom stereocenters. The lowest BCUT2D eigenvalue weighted by Gasteiger charge is -2.35. The predicted molar refractivity (Wildman–Crippen MR) is 182 cm³/mol. The molecule has 1 aromatic rings. The van der Waals surface area contributed by atoms with Gasteiger partial charge in [-0.2, -0.15) is 0 Å². The van der Waals surface area contributed by atoms with Gasteiger partial charge in [0, 0.05) is 37.4 Å². The van der Waals surface area contributed by atoms with Gasteiger partial charge in [0.1, 0.15) is 17.6 Å². The van der Waals surface area contributed by atoms with Crippen molar-refractivity contribution in [2.24, 2.45) is 11.3 Å². The van der Waals surface area contributed by atoms with E-state index in [1.165, 1.54) is 16.5 Å². The third kappa shape index (κ3) is 8.99. The number of sulfonamides is 1. The maximum absolute atomic E-state index is 14.3. The molecule has 4 aliphatic rings. The molecule has 1 aromatic heterocycles. The summed E-state index contributed by atoms with van der Waals surface area (Å²) < 4.78 is 39.1. The molecule has 13 nitrogen and oxygen atoms in total. The molecule has 49 heavy (non-hydrogen) atoms. The quantitative estimate of drug-likeness (QED) is 0.377. The highest BCUT2D eigenvalue weighted by atomic mass is 32.2. The number of ether oxygens (including phenoxy) is 2. The third-order valence-electron chi connectivity index (χ3n) is 9.94. The van der Waals surface area contributed by atoms with E-state index in [-0.39, 0.29) is 26.0 Å². The smallest absolute Gasteiger partial charge is 0.407 e. The van der Waals surface area contributed by atoms with Crippen LogP contribution in [0.15, 0.2) is 31.0 Å². The third-order valence-corrected chi connectivity index (χ3v) is 11.8. The van der Waals surface area contributed by atoms with Crippen LogP contribution in [0.5, 0.6) is 0 Å². The van der Waals surface area contributed by atoms with Gasteiger partial charge in [-0.05, 0) is 68.4 Å². The van der Waals surface area contributed by atoms with Crippen molar-refractivity contribution in [2.75, 3.05) is 19.8 Å². The summed E-state index contributed by atoms with van der Waals surface area (Å²) in [5.74, 6) is -2.36. The second-order valence-corrected chi connectivity index (χ2v) is 16.8. The van der Waals surface area contributed by atoms with Crippen molar-refractivity contribution >= 4 is 33.8 Å². The molecule has 2 saturated carbocycles. The van der Waals surface area contributed by atoms with Gasteiger partial charge in [-0.25, -0.2) is 13.2 Å². The van der Waals surface area contributed by atoms with Crippen molar-refractivity contribution in [3.63, 3.8) is 0 Å². The van der Waals surface area contributed by atoms with Crippen molar-refractivity contribution in [3.05, 3.63) is 42.2 Å². The zero-order chi connectivity index (χ0) is 35.4. The summed E-state index contributed by atoms with van der Waals surface area (Å²) in [6, 6.07) is 1.96. The van der Waals surface area contributed by atoms with E-state index in [0.29, 0.717) is 25.9 Å². The van der Waals surface area contributed by atoms with Crippen LogP contribution >= 0.6 is 0 Å². The van der Waals surface area contributed by atoms with E-state index in [1.54, 1.807) is 6.20 Å². The first-order valence-corrected chi connectivity index (χ1v) is 19.1. The number of aromatic nitrogens is 1. The Morgan fingerprint density at radius 3 is 2.55 bits per heavy atom. The first kappa shape index (κ1) is 36.8. The lowest BCUT2D eigenvalue weighted by molar-refractivity contribution is -0.143. The van der Waals surface area contributed by atoms with Crippen LogP contribution in [0.25, 0.3) is 0 Å². The van der Waals surface area contributed by atoms with E-state index in [4.69, 9.17) is 9.47 Å². The number of aryl methyl sites for hydroxylation is 2. The number of nitrogens with one attached hydrogen (secondary N) is 3. The summed E-state index contributed by atoms with van der Waals surface area (Å²) in [4.78, 5) is 60.6. The van der Waals surface area contributed by atoms with Crippen molar-refractivity contribution in [1.82, 2.24) is 25.2 Å². The van der Waals surface area contributed by atoms with E-state index >= 15 is 0 Å². The van der Waals surface area contributed by atoms with Crippen LogP contribution in [0.4, 0.5) is 4.79 Å². The number of hydrogen-bond acceptors (Lipinski definition) is 9. The molecule has 2 aliphatic heterocycles. The molecule has 0 aromatic carbocycles. The fourth-order valence-electron chi connectivity index (χ4n) is 6.75. The van der Waals surface area contributed by atoms with Crippen LogP contribution in [-0.2, 0) is 46.7 Å². The zero-order valence-electron chi connectivity index (χ0n) is 28.9. The van der Waals surface area contributed by atoms with Crippen molar-refractivity contribution in [1.29, 1.82) is 0 Å². The minimum absolute atomic E-state index is 0.0957. The fourth-order valence-corrected chi connectivity index (χ4v) is 8.12. The molecule has 3 N–H and O–H groups in total. The Balaban J connectivity index is 1.36. The number of carbonyl (C=O) groups excluding carboxylic acids is 4. The summed E-state index contributed by atoms with van der Waals surface area (Å²) in [6.07, 6.45) is 9.31. The standard InChI is InChI=1S/C35H51N5O8S/c1-5-24-21-35(24,32(43)39-49(45,46)26-15-16-26)38-30(41)28-20-25-22-40(28)31(42)29(34(2,3)4)37-33(44)48-18-9-7-6-8-14-27-23(12-10-17-36-27)13-11-19-47-25/h5,10,12,17,24-26,28-29H,1,6-9,11,13-16,18-22H2,2-4H3,(H,37,44)(H,38,41)(H,39,43)/t24-,25+,28-,29+,35+/m0/s1. The zero-order valence-corrected chi connectivity index (χ0v) is 29.7. The molecule has 4 amide bonds. The van der Waals surface area contributed by atoms with Gasteiger partial charge in [-0.15, -0.1) is 6.58 Å². The molecule has 2 aliphatic carbocycles. The van der Waals surface area contributed by atoms with E-state index in [2.05, 4.69) is 33.0 Å². The molecule has 270 valence electrons. The molecule has 3 heterocycles. The second kappa shape index (κ2) is 15.2. The summed E-state index contributed by atoms with van der Waals surface area (Å²) >= 11 is 0. The number of fused-ring (bicyclic) bond motifs is 3. The number of hydrogen-bond donors (Lipinski definition) is 3. The Morgan fingerprint density at radius 2 is 1.86 bits per heavy atom. The predicted octanol–water partition coefficient (Wildman–Crippen LogP) is 2.93. The molecular weight excluding hydrogens is 650 g/mol. The van der Waals surface area contributed by atoms with Crippen molar-refractivity contribution in [3.8, 4) is 0 Å². The van der Waals surface area contributed by atoms with Gasteiger partial charge < -0.3 is 25.0 Å². The largest absolute Gasteiger partial charge is 0.450 e. The van der Waals surface area contributed by atoms with Gasteiger partial charge in [0.25, 0.3) is 5.91 Å². The van der Waals surface area contributed by atoms with E-state index in [9.17, 15) is 27.6 Å². The molecular formula is C35H51N5O8S. The number of amides is 4. The Labute approximate surface area is 289 Å². The lowest BCUT2D eigenvalue weighted by Crippen LogP contribution is -2.60. The number of cyclic esters (lactones) is 1. The van der Waals surface area contributed by atoms with Gasteiger partial charge in [0.2, 0.25) is 21.8 Å². The van der Waals surface area contributed by atoms with Gasteiger partial charge in [-0.1, -0.05) is 45.8 Å². The minimum atomic E-state index is -3.86. The lowest BCUT2D eigenvalue weighted by atomic mass is 9.85. The number of carbonyl (C=O) groups is 4. The average Bonchev–Trinajstić information content (AvgIpc) is 3.97. The highest BCUT2D eigenvalue weighted by molar-refractivity contribution is 7.91. The maximum atomic E-state index is 14.3. The van der Waals surface area contributed by atoms with E-state index < -0.39 is 74.1 Å². The molecule has 3 fully saturated rings. The molecule has 0 spiro atoms. The van der Waals surface area contributed by atoms with Crippen LogP contribution in [0.1, 0.15) is 89.8 Å². The highest BCUT2D eigenvalue weighted by Crippen LogP contribution is 2.45. The Hall–Kier alpha value is -3.52. The number of alkyl carbamates (subject to hydrolysis) is 1. The fraction of sp³-hybridized carbons (Fsp3) is 0.686. The normalized spacial score (nSPS) is 29.1. The van der Waals surface area contributed by atoms with Gasteiger partial charge in [-0.3, -0.25) is 24.1 Å². The SMILES string of the molecule is C=C[C@H]1C[C@]1(NC(=O)[C@@H]1C[C@@H]2CN1C(=O)[C@H](C(C)(C)C)NC(=O)OCCCCCCc1ncccc1CCCO2)C(=O)NS(=O)(=O)C1CC1. The maximum Gasteiger partial charge on any atom is 0.407 e. The number of pyridine rings is 1. The molecule has 2 bridgehead atoms. The Kier molecular flexibility index (Phi) is 11.4. The Bertz CT molecular complexity index is 1520. The van der Waals surface area contributed by atoms with Crippen molar-refractivity contribution in [2.45, 2.75) is 120 Å². The molecule has 14 heteroatoms. The van der Waals surface area contributed by atoms with Crippen molar-refractivity contribution < 1.29 is 37.1 Å². The molecule has 5 atom stereocenters. The summed E-state index contributed by atoms with van der Waals surface area (Å²) in [5.41, 5.74) is 0.000789. The number of nitrogens with zero attached hydrogens (tertiary/aromatic N) is 2. The second-order valence-electron chi connectivity index (χ2n) is 14.9. The van der Waals surface area contributed by atoms with Crippen LogP contribution in [0.2, 0.25) is 0 Å².